The first-order valence-corrected chi connectivity index (χ1v) is 10.8. The predicted octanol–water partition coefficient (Wildman–Crippen LogP) is 1.73. The molecule has 0 saturated heterocycles. The lowest BCUT2D eigenvalue weighted by atomic mass is 10.2. The third-order valence-electron chi connectivity index (χ3n) is 5.29. The van der Waals surface area contributed by atoms with E-state index < -0.39 is 0 Å². The lowest BCUT2D eigenvalue weighted by Gasteiger charge is -2.20. The van der Waals surface area contributed by atoms with Crippen molar-refractivity contribution in [3.05, 3.63) is 60.2 Å². The Morgan fingerprint density at radius 3 is 2.00 bits per heavy atom. The van der Waals surface area contributed by atoms with Crippen molar-refractivity contribution in [3.8, 4) is 17.1 Å². The summed E-state index contributed by atoms with van der Waals surface area (Å²) in [5, 5.41) is 28.6. The number of aromatic nitrogens is 3. The Morgan fingerprint density at radius 2 is 1.33 bits per heavy atom. The maximum atomic E-state index is 10.3. The number of pyridine rings is 3. The molecule has 176 valence electrons. The summed E-state index contributed by atoms with van der Waals surface area (Å²) < 4.78 is 0. The summed E-state index contributed by atoms with van der Waals surface area (Å²) in [6, 6.07) is 10.9. The summed E-state index contributed by atoms with van der Waals surface area (Å²) in [6.07, 6.45) is 3.46. The molecule has 0 atom stereocenters. The number of hydrogen-bond donors (Lipinski definition) is 3. The molecule has 0 amide bonds. The van der Waals surface area contributed by atoms with Gasteiger partial charge in [-0.3, -0.25) is 14.9 Å². The molecule has 0 saturated carbocycles. The number of likely N-dealkylation sites (N-methyl/N-ethyl adjacent to an activating group) is 2. The molecule has 0 aromatic carbocycles. The van der Waals surface area contributed by atoms with Gasteiger partial charge in [0.05, 0.1) is 36.0 Å². The molecule has 0 radical (unpaired) electrons. The van der Waals surface area contributed by atoms with E-state index in [4.69, 9.17) is 10.1 Å². The van der Waals surface area contributed by atoms with Crippen LogP contribution in [0, 0.1) is 0 Å². The molecule has 33 heavy (non-hydrogen) atoms. The SMILES string of the molecule is CN(Cc1cc(N(C)CCO)ccn1)Cc1cc(O)cc(-c2cc(N(C)CCO)ccn2)n1. The number of aliphatic hydroxyl groups is 2. The van der Waals surface area contributed by atoms with Gasteiger partial charge >= 0.3 is 0 Å². The van der Waals surface area contributed by atoms with Crippen LogP contribution in [0.1, 0.15) is 11.4 Å². The summed E-state index contributed by atoms with van der Waals surface area (Å²) in [5.41, 5.74) is 4.77. The summed E-state index contributed by atoms with van der Waals surface area (Å²) in [5.74, 6) is 0.130. The van der Waals surface area contributed by atoms with Crippen LogP contribution >= 0.6 is 0 Å². The second-order valence-electron chi connectivity index (χ2n) is 8.07. The van der Waals surface area contributed by atoms with Crippen molar-refractivity contribution in [2.45, 2.75) is 13.1 Å². The van der Waals surface area contributed by atoms with Gasteiger partial charge in [-0.05, 0) is 31.3 Å². The normalized spacial score (nSPS) is 11.1. The van der Waals surface area contributed by atoms with Gasteiger partial charge in [-0.1, -0.05) is 0 Å². The van der Waals surface area contributed by atoms with E-state index in [1.807, 2.05) is 55.2 Å². The molecular formula is C24H32N6O3. The number of anilines is 2. The van der Waals surface area contributed by atoms with Crippen molar-refractivity contribution in [3.63, 3.8) is 0 Å². The van der Waals surface area contributed by atoms with Crippen LogP contribution in [0.15, 0.2) is 48.8 Å². The number of hydrogen-bond acceptors (Lipinski definition) is 9. The smallest absolute Gasteiger partial charge is 0.119 e. The summed E-state index contributed by atoms with van der Waals surface area (Å²) in [4.78, 5) is 19.6. The van der Waals surface area contributed by atoms with Gasteiger partial charge < -0.3 is 25.1 Å². The fourth-order valence-corrected chi connectivity index (χ4v) is 3.54. The second kappa shape index (κ2) is 11.6. The molecule has 9 heteroatoms. The van der Waals surface area contributed by atoms with Crippen LogP contribution in [-0.4, -0.2) is 82.6 Å². The number of aliphatic hydroxyl groups excluding tert-OH is 2. The Morgan fingerprint density at radius 1 is 0.727 bits per heavy atom. The van der Waals surface area contributed by atoms with E-state index in [9.17, 15) is 10.2 Å². The van der Waals surface area contributed by atoms with Crippen LogP contribution in [0.3, 0.4) is 0 Å². The third kappa shape index (κ3) is 6.85. The summed E-state index contributed by atoms with van der Waals surface area (Å²) >= 11 is 0. The minimum absolute atomic E-state index is 0.0600. The molecule has 0 fully saturated rings. The Balaban J connectivity index is 1.74. The zero-order valence-corrected chi connectivity index (χ0v) is 19.4. The van der Waals surface area contributed by atoms with Gasteiger partial charge in [0, 0.05) is 76.2 Å². The monoisotopic (exact) mass is 452 g/mol. The van der Waals surface area contributed by atoms with Crippen LogP contribution in [0.4, 0.5) is 11.4 Å². The van der Waals surface area contributed by atoms with Crippen LogP contribution in [0.5, 0.6) is 5.75 Å². The highest BCUT2D eigenvalue weighted by molar-refractivity contribution is 5.62. The standard InChI is InChI=1S/C24H32N6O3/c1-28(16-18-12-20(4-6-25-18)29(2)8-10-31)17-19-13-22(33)15-24(27-19)23-14-21(5-7-26-23)30(3)9-11-32/h4-7,12-15,31-32H,8-11,16-17H2,1-3H3,(H,27,33). The van der Waals surface area contributed by atoms with E-state index in [1.165, 1.54) is 0 Å². The molecule has 3 heterocycles. The van der Waals surface area contributed by atoms with Crippen LogP contribution < -0.4 is 9.80 Å². The number of aromatic hydroxyl groups is 1. The maximum Gasteiger partial charge on any atom is 0.119 e. The molecule has 0 aliphatic carbocycles. The first-order valence-electron chi connectivity index (χ1n) is 10.8. The molecule has 0 spiro atoms. The Labute approximate surface area is 194 Å². The highest BCUT2D eigenvalue weighted by Crippen LogP contribution is 2.25. The van der Waals surface area contributed by atoms with E-state index in [2.05, 4.69) is 14.9 Å². The van der Waals surface area contributed by atoms with Crippen LogP contribution in [0.25, 0.3) is 11.4 Å². The molecule has 3 N–H and O–H groups in total. The van der Waals surface area contributed by atoms with Crippen LogP contribution in [-0.2, 0) is 13.1 Å². The average Bonchev–Trinajstić information content (AvgIpc) is 2.79. The van der Waals surface area contributed by atoms with E-state index in [-0.39, 0.29) is 19.0 Å². The van der Waals surface area contributed by atoms with Gasteiger partial charge in [0.15, 0.2) is 0 Å². The third-order valence-corrected chi connectivity index (χ3v) is 5.29. The fourth-order valence-electron chi connectivity index (χ4n) is 3.54. The molecule has 3 aromatic heterocycles. The first-order chi connectivity index (χ1) is 15.9. The minimum atomic E-state index is 0.0600. The molecule has 0 bridgehead atoms. The van der Waals surface area contributed by atoms with Gasteiger partial charge in [0.25, 0.3) is 0 Å². The fraction of sp³-hybridized carbons (Fsp3) is 0.375. The van der Waals surface area contributed by atoms with Crippen molar-refractivity contribution in [2.24, 2.45) is 0 Å². The lowest BCUT2D eigenvalue weighted by Crippen LogP contribution is -2.22. The van der Waals surface area contributed by atoms with Crippen molar-refractivity contribution in [1.82, 2.24) is 19.9 Å². The Hall–Kier alpha value is -3.27. The highest BCUT2D eigenvalue weighted by Gasteiger charge is 2.11. The van der Waals surface area contributed by atoms with E-state index in [1.54, 1.807) is 24.5 Å². The minimum Gasteiger partial charge on any atom is -0.508 e. The van der Waals surface area contributed by atoms with Gasteiger partial charge in [-0.15, -0.1) is 0 Å². The average molecular weight is 453 g/mol. The van der Waals surface area contributed by atoms with Crippen molar-refractivity contribution in [2.75, 3.05) is 57.2 Å². The van der Waals surface area contributed by atoms with Crippen molar-refractivity contribution in [1.29, 1.82) is 0 Å². The second-order valence-corrected chi connectivity index (χ2v) is 8.07. The van der Waals surface area contributed by atoms with Gasteiger partial charge in [0.2, 0.25) is 0 Å². The molecule has 0 unspecified atom stereocenters. The molecule has 9 nitrogen and oxygen atoms in total. The molecule has 3 rings (SSSR count). The number of nitrogens with zero attached hydrogens (tertiary/aromatic N) is 6. The van der Waals surface area contributed by atoms with Gasteiger partial charge in [0.1, 0.15) is 5.75 Å². The molecule has 0 aliphatic heterocycles. The molecular weight excluding hydrogens is 420 g/mol. The molecule has 3 aromatic rings. The van der Waals surface area contributed by atoms with Gasteiger partial charge in [-0.2, -0.15) is 0 Å². The van der Waals surface area contributed by atoms with E-state index in [0.29, 0.717) is 37.6 Å². The Kier molecular flexibility index (Phi) is 8.53. The van der Waals surface area contributed by atoms with Crippen molar-refractivity contribution < 1.29 is 15.3 Å². The largest absolute Gasteiger partial charge is 0.508 e. The summed E-state index contributed by atoms with van der Waals surface area (Å²) in [7, 11) is 5.80. The predicted molar refractivity (Wildman–Crippen MR) is 129 cm³/mol. The molecule has 0 aliphatic rings. The lowest BCUT2D eigenvalue weighted by molar-refractivity contribution is 0.303. The zero-order chi connectivity index (χ0) is 23.8. The quantitative estimate of drug-likeness (QED) is 0.401. The summed E-state index contributed by atoms with van der Waals surface area (Å²) in [6.45, 7) is 2.34. The Bertz CT molecular complexity index is 1050. The highest BCUT2D eigenvalue weighted by atomic mass is 16.3. The van der Waals surface area contributed by atoms with Crippen molar-refractivity contribution >= 4 is 11.4 Å². The van der Waals surface area contributed by atoms with E-state index in [0.717, 1.165) is 22.8 Å². The topological polar surface area (TPSA) is 109 Å². The zero-order valence-electron chi connectivity index (χ0n) is 19.4. The van der Waals surface area contributed by atoms with E-state index >= 15 is 0 Å². The first kappa shape index (κ1) is 24.4. The van der Waals surface area contributed by atoms with Crippen LogP contribution in [0.2, 0.25) is 0 Å². The van der Waals surface area contributed by atoms with Gasteiger partial charge in [-0.25, -0.2) is 4.98 Å². The maximum absolute atomic E-state index is 10.3. The number of rotatable bonds is 11.